The molecule has 4 N–H and O–H groups in total. The summed E-state index contributed by atoms with van der Waals surface area (Å²) < 4.78 is 41.0. The van der Waals surface area contributed by atoms with Gasteiger partial charge >= 0.3 is 0 Å². The van der Waals surface area contributed by atoms with Gasteiger partial charge in [-0.2, -0.15) is 4.72 Å². The largest absolute Gasteiger partial charge is 0.386 e. The summed E-state index contributed by atoms with van der Waals surface area (Å²) in [4.78, 5) is -0.103. The van der Waals surface area contributed by atoms with Crippen LogP contribution in [0.1, 0.15) is 37.7 Å². The van der Waals surface area contributed by atoms with Crippen LogP contribution in [0.25, 0.3) is 0 Å². The summed E-state index contributed by atoms with van der Waals surface area (Å²) in [7, 11) is -3.93. The van der Waals surface area contributed by atoms with Crippen molar-refractivity contribution in [1.82, 2.24) is 4.72 Å². The van der Waals surface area contributed by atoms with Crippen LogP contribution in [0.3, 0.4) is 0 Å². The number of hydrogen-bond donors (Lipinski definition) is 3. The van der Waals surface area contributed by atoms with E-state index in [9.17, 15) is 12.8 Å². The first-order chi connectivity index (χ1) is 9.77. The minimum absolute atomic E-state index is 0.103. The van der Waals surface area contributed by atoms with Crippen LogP contribution in [0.5, 0.6) is 0 Å². The van der Waals surface area contributed by atoms with Crippen LogP contribution in [-0.4, -0.2) is 19.8 Å². The number of aryl methyl sites for hydroxylation is 1. The SMILES string of the molecule is Cc1ccc(F)cc1S(=O)(=O)NC1(C(=N)N)CCCCC1. The van der Waals surface area contributed by atoms with Gasteiger partial charge in [-0.1, -0.05) is 25.3 Å². The molecule has 0 spiro atoms. The van der Waals surface area contributed by atoms with Crippen molar-refractivity contribution in [1.29, 1.82) is 5.41 Å². The van der Waals surface area contributed by atoms with E-state index < -0.39 is 21.4 Å². The van der Waals surface area contributed by atoms with Gasteiger partial charge < -0.3 is 5.73 Å². The molecule has 5 nitrogen and oxygen atoms in total. The van der Waals surface area contributed by atoms with Gasteiger partial charge in [-0.15, -0.1) is 0 Å². The fourth-order valence-corrected chi connectivity index (χ4v) is 4.46. The highest BCUT2D eigenvalue weighted by molar-refractivity contribution is 7.89. The van der Waals surface area contributed by atoms with Crippen LogP contribution in [-0.2, 0) is 10.0 Å². The van der Waals surface area contributed by atoms with Crippen molar-refractivity contribution in [2.45, 2.75) is 49.5 Å². The fourth-order valence-electron chi connectivity index (χ4n) is 2.76. The average molecular weight is 313 g/mol. The zero-order valence-electron chi connectivity index (χ0n) is 11.9. The molecule has 0 heterocycles. The van der Waals surface area contributed by atoms with Gasteiger partial charge in [0.2, 0.25) is 10.0 Å². The molecule has 0 bridgehead atoms. The molecule has 0 aliphatic heterocycles. The Balaban J connectivity index is 2.39. The van der Waals surface area contributed by atoms with E-state index in [4.69, 9.17) is 11.1 Å². The first kappa shape index (κ1) is 15.9. The lowest BCUT2D eigenvalue weighted by molar-refractivity contribution is 0.348. The highest BCUT2D eigenvalue weighted by atomic mass is 32.2. The summed E-state index contributed by atoms with van der Waals surface area (Å²) in [6.45, 7) is 1.61. The second-order valence-corrected chi connectivity index (χ2v) is 7.22. The van der Waals surface area contributed by atoms with Crippen molar-refractivity contribution >= 4 is 15.9 Å². The molecule has 0 amide bonds. The fraction of sp³-hybridized carbons (Fsp3) is 0.500. The Bertz CT molecular complexity index is 652. The zero-order valence-corrected chi connectivity index (χ0v) is 12.8. The Kier molecular flexibility index (Phi) is 4.34. The number of benzene rings is 1. The smallest absolute Gasteiger partial charge is 0.241 e. The van der Waals surface area contributed by atoms with Crippen molar-refractivity contribution in [2.24, 2.45) is 5.73 Å². The molecular weight excluding hydrogens is 293 g/mol. The van der Waals surface area contributed by atoms with Crippen LogP contribution in [0.2, 0.25) is 0 Å². The summed E-state index contributed by atoms with van der Waals surface area (Å²) in [5, 5.41) is 7.75. The number of nitrogens with one attached hydrogen (secondary N) is 2. The maximum absolute atomic E-state index is 13.4. The molecule has 0 radical (unpaired) electrons. The lowest BCUT2D eigenvalue weighted by atomic mass is 9.82. The Morgan fingerprint density at radius 2 is 1.95 bits per heavy atom. The molecule has 1 saturated carbocycles. The first-order valence-electron chi connectivity index (χ1n) is 6.91. The van der Waals surface area contributed by atoms with Gasteiger partial charge in [-0.25, -0.2) is 12.8 Å². The van der Waals surface area contributed by atoms with Gasteiger partial charge in [-0.05, 0) is 37.5 Å². The normalized spacial score (nSPS) is 18.4. The third kappa shape index (κ3) is 3.24. The molecule has 1 aromatic rings. The van der Waals surface area contributed by atoms with Crippen molar-refractivity contribution in [2.75, 3.05) is 0 Å². The average Bonchev–Trinajstić information content (AvgIpc) is 2.42. The minimum Gasteiger partial charge on any atom is -0.386 e. The summed E-state index contributed by atoms with van der Waals surface area (Å²) >= 11 is 0. The Morgan fingerprint density at radius 1 is 1.33 bits per heavy atom. The number of sulfonamides is 1. The summed E-state index contributed by atoms with van der Waals surface area (Å²) in [5.74, 6) is -0.790. The molecule has 21 heavy (non-hydrogen) atoms. The molecule has 7 heteroatoms. The van der Waals surface area contributed by atoms with Crippen LogP contribution >= 0.6 is 0 Å². The van der Waals surface area contributed by atoms with E-state index in [-0.39, 0.29) is 10.7 Å². The molecule has 1 aromatic carbocycles. The minimum atomic E-state index is -3.93. The van der Waals surface area contributed by atoms with Crippen LogP contribution in [0.15, 0.2) is 23.1 Å². The highest BCUT2D eigenvalue weighted by Crippen LogP contribution is 2.30. The van der Waals surface area contributed by atoms with Gasteiger partial charge in [0.15, 0.2) is 0 Å². The first-order valence-corrected chi connectivity index (χ1v) is 8.40. The highest BCUT2D eigenvalue weighted by Gasteiger charge is 2.39. The quantitative estimate of drug-likeness (QED) is 0.586. The van der Waals surface area contributed by atoms with Gasteiger partial charge in [0.05, 0.1) is 10.4 Å². The Morgan fingerprint density at radius 3 is 2.52 bits per heavy atom. The van der Waals surface area contributed by atoms with Gasteiger partial charge in [-0.3, -0.25) is 5.41 Å². The second-order valence-electron chi connectivity index (χ2n) is 5.57. The second kappa shape index (κ2) is 5.73. The summed E-state index contributed by atoms with van der Waals surface area (Å²) in [6.07, 6.45) is 3.61. The van der Waals surface area contributed by atoms with Crippen LogP contribution < -0.4 is 10.5 Å². The molecule has 116 valence electrons. The monoisotopic (exact) mass is 313 g/mol. The van der Waals surface area contributed by atoms with E-state index in [1.165, 1.54) is 12.1 Å². The van der Waals surface area contributed by atoms with Crippen molar-refractivity contribution in [3.8, 4) is 0 Å². The maximum Gasteiger partial charge on any atom is 0.241 e. The number of amidine groups is 1. The molecule has 0 unspecified atom stereocenters. The van der Waals surface area contributed by atoms with Gasteiger partial charge in [0.1, 0.15) is 11.7 Å². The Hall–Kier alpha value is -1.47. The van der Waals surface area contributed by atoms with Crippen LogP contribution in [0, 0.1) is 18.2 Å². The van der Waals surface area contributed by atoms with E-state index >= 15 is 0 Å². The third-order valence-electron chi connectivity index (χ3n) is 3.99. The topological polar surface area (TPSA) is 96.0 Å². The van der Waals surface area contributed by atoms with Gasteiger partial charge in [0.25, 0.3) is 0 Å². The lowest BCUT2D eigenvalue weighted by Crippen LogP contribution is -2.58. The molecule has 1 fully saturated rings. The molecule has 1 aliphatic carbocycles. The Labute approximate surface area is 124 Å². The predicted octanol–water partition coefficient (Wildman–Crippen LogP) is 2.05. The lowest BCUT2D eigenvalue weighted by Gasteiger charge is -2.36. The van der Waals surface area contributed by atoms with E-state index in [0.29, 0.717) is 18.4 Å². The van der Waals surface area contributed by atoms with E-state index in [2.05, 4.69) is 4.72 Å². The van der Waals surface area contributed by atoms with Crippen molar-refractivity contribution in [3.05, 3.63) is 29.6 Å². The van der Waals surface area contributed by atoms with Crippen molar-refractivity contribution in [3.63, 3.8) is 0 Å². The predicted molar refractivity (Wildman–Crippen MR) is 79.2 cm³/mol. The number of rotatable bonds is 4. The summed E-state index contributed by atoms with van der Waals surface area (Å²) in [6, 6.07) is 3.63. The number of nitrogens with two attached hydrogens (primary N) is 1. The maximum atomic E-state index is 13.4. The molecule has 1 aliphatic rings. The standard InChI is InChI=1S/C14H20FN3O2S/c1-10-5-6-11(15)9-12(10)21(19,20)18-14(13(16)17)7-3-2-4-8-14/h5-6,9,18H,2-4,7-8H2,1H3,(H3,16,17). The number of halogens is 1. The molecule has 0 atom stereocenters. The zero-order chi connectivity index (χ0) is 15.7. The van der Waals surface area contributed by atoms with Crippen LogP contribution in [0.4, 0.5) is 4.39 Å². The van der Waals surface area contributed by atoms with E-state index in [1.807, 2.05) is 0 Å². The summed E-state index contributed by atoms with van der Waals surface area (Å²) in [5.41, 5.74) is 5.05. The molecule has 0 aromatic heterocycles. The van der Waals surface area contributed by atoms with Gasteiger partial charge in [0, 0.05) is 0 Å². The molecular formula is C14H20FN3O2S. The molecule has 0 saturated heterocycles. The third-order valence-corrected chi connectivity index (χ3v) is 5.67. The van der Waals surface area contributed by atoms with Crippen molar-refractivity contribution < 1.29 is 12.8 Å². The van der Waals surface area contributed by atoms with E-state index in [1.54, 1.807) is 6.92 Å². The van der Waals surface area contributed by atoms with E-state index in [0.717, 1.165) is 25.3 Å². The molecule has 2 rings (SSSR count). The number of hydrogen-bond acceptors (Lipinski definition) is 3.